The maximum absolute atomic E-state index is 13.6. The second-order valence-electron chi connectivity index (χ2n) is 8.81. The Morgan fingerprint density at radius 1 is 0.947 bits per heavy atom. The molecule has 3 aromatic rings. The number of amides is 1. The molecular formula is C30H30ClNO6. The van der Waals surface area contributed by atoms with Gasteiger partial charge in [-0.15, -0.1) is 0 Å². The monoisotopic (exact) mass is 535 g/mol. The quantitative estimate of drug-likeness (QED) is 0.204. The Balaban J connectivity index is 1.99. The zero-order valence-corrected chi connectivity index (χ0v) is 22.8. The van der Waals surface area contributed by atoms with Gasteiger partial charge in [-0.25, -0.2) is 0 Å². The molecule has 1 aliphatic rings. The molecule has 1 atom stereocenters. The van der Waals surface area contributed by atoms with Gasteiger partial charge in [0.25, 0.3) is 11.7 Å². The highest BCUT2D eigenvalue weighted by Gasteiger charge is 2.47. The van der Waals surface area contributed by atoms with Crippen LogP contribution < -0.4 is 19.1 Å². The summed E-state index contributed by atoms with van der Waals surface area (Å²) in [6.45, 7) is 8.26. The van der Waals surface area contributed by atoms with E-state index >= 15 is 0 Å². The molecule has 0 aromatic heterocycles. The molecule has 1 fully saturated rings. The Morgan fingerprint density at radius 3 is 2.34 bits per heavy atom. The predicted molar refractivity (Wildman–Crippen MR) is 147 cm³/mol. The van der Waals surface area contributed by atoms with Gasteiger partial charge < -0.3 is 19.3 Å². The number of halogens is 1. The van der Waals surface area contributed by atoms with Crippen LogP contribution in [0.4, 0.5) is 5.69 Å². The van der Waals surface area contributed by atoms with Crippen LogP contribution in [0, 0.1) is 13.8 Å². The van der Waals surface area contributed by atoms with Crippen molar-refractivity contribution in [3.05, 3.63) is 87.4 Å². The standard InChI is InChI=1S/C30H30ClNO6/c1-6-37-24-16-20(11-13-21(24)31)28(33)26-27(19-12-14-23(36-5)25(15-19)38-7-2)32(30(35)29(26)34)22-10-8-9-17(3)18(22)4/h8-16,27,33H,6-7H2,1-5H3/b28-26+. The van der Waals surface area contributed by atoms with Crippen LogP contribution in [0.15, 0.2) is 60.2 Å². The number of ether oxygens (including phenoxy) is 3. The minimum absolute atomic E-state index is 0.0479. The van der Waals surface area contributed by atoms with E-state index < -0.39 is 17.7 Å². The first-order valence-electron chi connectivity index (χ1n) is 12.3. The summed E-state index contributed by atoms with van der Waals surface area (Å²) >= 11 is 6.25. The van der Waals surface area contributed by atoms with Crippen LogP contribution in [0.2, 0.25) is 5.02 Å². The lowest BCUT2D eigenvalue weighted by atomic mass is 9.94. The first-order valence-corrected chi connectivity index (χ1v) is 12.7. The Labute approximate surface area is 227 Å². The largest absolute Gasteiger partial charge is 0.507 e. The van der Waals surface area contributed by atoms with Gasteiger partial charge in [0.15, 0.2) is 11.5 Å². The highest BCUT2D eigenvalue weighted by molar-refractivity contribution is 6.51. The van der Waals surface area contributed by atoms with Crippen molar-refractivity contribution in [2.45, 2.75) is 33.7 Å². The number of carbonyl (C=O) groups is 2. The summed E-state index contributed by atoms with van der Waals surface area (Å²) in [6, 6.07) is 14.6. The first kappa shape index (κ1) is 27.1. The van der Waals surface area contributed by atoms with Crippen LogP contribution in [0.25, 0.3) is 5.76 Å². The van der Waals surface area contributed by atoms with Crippen LogP contribution in [0.3, 0.4) is 0 Å². The zero-order valence-electron chi connectivity index (χ0n) is 22.0. The summed E-state index contributed by atoms with van der Waals surface area (Å²) in [6.07, 6.45) is 0. The number of benzene rings is 3. The van der Waals surface area contributed by atoms with Gasteiger partial charge in [0.2, 0.25) is 0 Å². The fourth-order valence-electron chi connectivity index (χ4n) is 4.60. The van der Waals surface area contributed by atoms with E-state index in [2.05, 4.69) is 0 Å². The first-order chi connectivity index (χ1) is 18.2. The van der Waals surface area contributed by atoms with Crippen LogP contribution in [0.5, 0.6) is 17.2 Å². The van der Waals surface area contributed by atoms with Gasteiger partial charge in [-0.2, -0.15) is 0 Å². The lowest BCUT2D eigenvalue weighted by molar-refractivity contribution is -0.132. The smallest absolute Gasteiger partial charge is 0.300 e. The number of ketones is 1. The molecule has 8 heteroatoms. The topological polar surface area (TPSA) is 85.3 Å². The molecule has 0 radical (unpaired) electrons. The molecule has 1 saturated heterocycles. The number of aliphatic hydroxyl groups excluding tert-OH is 1. The maximum atomic E-state index is 13.6. The molecule has 4 rings (SSSR count). The number of nitrogens with zero attached hydrogens (tertiary/aromatic N) is 1. The number of rotatable bonds is 8. The number of aliphatic hydroxyl groups is 1. The van der Waals surface area contributed by atoms with Crippen molar-refractivity contribution < 1.29 is 28.9 Å². The number of hydrogen-bond acceptors (Lipinski definition) is 6. The molecule has 1 amide bonds. The van der Waals surface area contributed by atoms with Crippen molar-refractivity contribution in [3.8, 4) is 17.2 Å². The van der Waals surface area contributed by atoms with E-state index in [1.807, 2.05) is 39.8 Å². The third-order valence-corrected chi connectivity index (χ3v) is 6.90. The Kier molecular flexibility index (Phi) is 7.97. The third kappa shape index (κ3) is 4.82. The second kappa shape index (κ2) is 11.2. The molecule has 0 bridgehead atoms. The summed E-state index contributed by atoms with van der Waals surface area (Å²) in [4.78, 5) is 28.6. The summed E-state index contributed by atoms with van der Waals surface area (Å²) in [5, 5.41) is 11.9. The molecule has 0 saturated carbocycles. The van der Waals surface area contributed by atoms with Crippen LogP contribution in [0.1, 0.15) is 42.1 Å². The number of anilines is 1. The maximum Gasteiger partial charge on any atom is 0.300 e. The zero-order chi connectivity index (χ0) is 27.6. The lowest BCUT2D eigenvalue weighted by Crippen LogP contribution is -2.30. The van der Waals surface area contributed by atoms with Crippen LogP contribution in [-0.2, 0) is 9.59 Å². The van der Waals surface area contributed by atoms with Gasteiger partial charge in [0.1, 0.15) is 11.5 Å². The SMILES string of the molecule is CCOc1cc(/C(O)=C2\C(=O)C(=O)N(c3cccc(C)c3C)C2c2ccc(OC)c(OCC)c2)ccc1Cl. The van der Waals surface area contributed by atoms with E-state index in [-0.39, 0.29) is 11.3 Å². The van der Waals surface area contributed by atoms with E-state index in [4.69, 9.17) is 25.8 Å². The molecule has 198 valence electrons. The Bertz CT molecular complexity index is 1430. The number of hydrogen-bond donors (Lipinski definition) is 1. The van der Waals surface area contributed by atoms with E-state index in [1.54, 1.807) is 42.5 Å². The van der Waals surface area contributed by atoms with Crippen molar-refractivity contribution in [2.75, 3.05) is 25.2 Å². The van der Waals surface area contributed by atoms with Gasteiger partial charge >= 0.3 is 0 Å². The minimum Gasteiger partial charge on any atom is -0.507 e. The molecule has 3 aromatic carbocycles. The molecule has 38 heavy (non-hydrogen) atoms. The van der Waals surface area contributed by atoms with E-state index in [0.717, 1.165) is 11.1 Å². The number of Topliss-reactive ketones (excluding diaryl/α,β-unsaturated/α-hetero) is 1. The number of carbonyl (C=O) groups excluding carboxylic acids is 2. The molecule has 0 aliphatic carbocycles. The fourth-order valence-corrected chi connectivity index (χ4v) is 4.77. The molecule has 1 aliphatic heterocycles. The van der Waals surface area contributed by atoms with Crippen molar-refractivity contribution in [2.24, 2.45) is 0 Å². The molecule has 1 heterocycles. The van der Waals surface area contributed by atoms with Gasteiger partial charge in [-0.05, 0) is 80.8 Å². The highest BCUT2D eigenvalue weighted by Crippen LogP contribution is 2.45. The minimum atomic E-state index is -0.924. The molecule has 0 spiro atoms. The van der Waals surface area contributed by atoms with Crippen molar-refractivity contribution in [3.63, 3.8) is 0 Å². The third-order valence-electron chi connectivity index (χ3n) is 6.59. The van der Waals surface area contributed by atoms with E-state index in [0.29, 0.717) is 52.3 Å². The van der Waals surface area contributed by atoms with E-state index in [9.17, 15) is 14.7 Å². The summed E-state index contributed by atoms with van der Waals surface area (Å²) in [5.41, 5.74) is 3.23. The van der Waals surface area contributed by atoms with Gasteiger partial charge in [-0.3, -0.25) is 14.5 Å². The molecular weight excluding hydrogens is 506 g/mol. The highest BCUT2D eigenvalue weighted by atomic mass is 35.5. The Hall–Kier alpha value is -3.97. The second-order valence-corrected chi connectivity index (χ2v) is 9.22. The molecule has 1 N–H and O–H groups in total. The normalized spacial score (nSPS) is 16.6. The van der Waals surface area contributed by atoms with Gasteiger partial charge in [0.05, 0.1) is 37.0 Å². The average Bonchev–Trinajstić information content (AvgIpc) is 3.17. The summed E-state index contributed by atoms with van der Waals surface area (Å²) in [7, 11) is 1.54. The average molecular weight is 536 g/mol. The summed E-state index contributed by atoms with van der Waals surface area (Å²) in [5.74, 6) is -0.523. The van der Waals surface area contributed by atoms with Crippen molar-refractivity contribution in [1.29, 1.82) is 0 Å². The van der Waals surface area contributed by atoms with Crippen LogP contribution >= 0.6 is 11.6 Å². The lowest BCUT2D eigenvalue weighted by Gasteiger charge is -2.28. The number of methoxy groups -OCH3 is 1. The Morgan fingerprint density at radius 2 is 1.66 bits per heavy atom. The van der Waals surface area contributed by atoms with Gasteiger partial charge in [0, 0.05) is 11.3 Å². The van der Waals surface area contributed by atoms with Crippen molar-refractivity contribution >= 4 is 34.7 Å². The van der Waals surface area contributed by atoms with Gasteiger partial charge in [-0.1, -0.05) is 29.8 Å². The van der Waals surface area contributed by atoms with Crippen molar-refractivity contribution in [1.82, 2.24) is 0 Å². The summed E-state index contributed by atoms with van der Waals surface area (Å²) < 4.78 is 16.8. The molecule has 1 unspecified atom stereocenters. The van der Waals surface area contributed by atoms with E-state index in [1.165, 1.54) is 12.0 Å². The molecule has 7 nitrogen and oxygen atoms in total. The van der Waals surface area contributed by atoms with Crippen LogP contribution in [-0.4, -0.2) is 37.1 Å². The number of aryl methyl sites for hydroxylation is 1. The predicted octanol–water partition coefficient (Wildman–Crippen LogP) is 6.39. The fraction of sp³-hybridized carbons (Fsp3) is 0.267.